The van der Waals surface area contributed by atoms with Crippen molar-refractivity contribution in [2.45, 2.75) is 33.2 Å². The van der Waals surface area contributed by atoms with E-state index in [1.165, 1.54) is 0 Å². The summed E-state index contributed by atoms with van der Waals surface area (Å²) in [5, 5.41) is 7.79. The average molecular weight is 438 g/mol. The van der Waals surface area contributed by atoms with E-state index in [0.29, 0.717) is 17.8 Å². The maximum atomic E-state index is 13.1. The van der Waals surface area contributed by atoms with Crippen molar-refractivity contribution < 1.29 is 4.79 Å². The number of nitrogens with one attached hydrogen (secondary N) is 1. The van der Waals surface area contributed by atoms with Crippen LogP contribution in [0.1, 0.15) is 47.6 Å². The fraction of sp³-hybridized carbons (Fsp3) is 0.217. The number of rotatable bonds is 7. The molecule has 1 N–H and O–H groups in total. The fourth-order valence-corrected chi connectivity index (χ4v) is 3.38. The summed E-state index contributed by atoms with van der Waals surface area (Å²) >= 11 is 3.43. The summed E-state index contributed by atoms with van der Waals surface area (Å²) in [5.74, 6) is -0.0957. The molecule has 0 bridgehead atoms. The number of aromatic nitrogens is 2. The van der Waals surface area contributed by atoms with Crippen molar-refractivity contribution in [3.8, 4) is 5.69 Å². The smallest absolute Gasteiger partial charge is 0.255 e. The molecule has 0 spiro atoms. The first kappa shape index (κ1) is 20.1. The van der Waals surface area contributed by atoms with Gasteiger partial charge in [-0.1, -0.05) is 65.7 Å². The minimum absolute atomic E-state index is 0.0957. The van der Waals surface area contributed by atoms with Gasteiger partial charge in [0.15, 0.2) is 0 Å². The highest BCUT2D eigenvalue weighted by Gasteiger charge is 2.22. The van der Waals surface area contributed by atoms with Gasteiger partial charge in [-0.2, -0.15) is 5.10 Å². The summed E-state index contributed by atoms with van der Waals surface area (Å²) in [5.41, 5.74) is 4.31. The number of para-hydroxylation sites is 1. The average Bonchev–Trinajstić information content (AvgIpc) is 3.07. The van der Waals surface area contributed by atoms with E-state index in [0.717, 1.165) is 34.3 Å². The molecule has 28 heavy (non-hydrogen) atoms. The molecule has 0 fully saturated rings. The summed E-state index contributed by atoms with van der Waals surface area (Å²) in [7, 11) is 0. The zero-order valence-electron chi connectivity index (χ0n) is 16.2. The first-order valence-corrected chi connectivity index (χ1v) is 10.3. The lowest BCUT2D eigenvalue weighted by molar-refractivity contribution is 0.0949. The third-order valence-corrected chi connectivity index (χ3v) is 4.94. The third kappa shape index (κ3) is 4.60. The molecule has 144 valence electrons. The molecule has 0 aliphatic rings. The Balaban J connectivity index is 1.96. The Morgan fingerprint density at radius 2 is 1.86 bits per heavy atom. The van der Waals surface area contributed by atoms with Crippen molar-refractivity contribution in [2.24, 2.45) is 0 Å². The van der Waals surface area contributed by atoms with Crippen LogP contribution in [-0.4, -0.2) is 15.7 Å². The van der Waals surface area contributed by atoms with Gasteiger partial charge in [-0.05, 0) is 49.2 Å². The number of hydrogen-bond acceptors (Lipinski definition) is 2. The highest BCUT2D eigenvalue weighted by molar-refractivity contribution is 9.10. The molecule has 3 aromatic rings. The summed E-state index contributed by atoms with van der Waals surface area (Å²) in [4.78, 5) is 13.1. The Morgan fingerprint density at radius 1 is 1.14 bits per heavy atom. The lowest BCUT2D eigenvalue weighted by Crippen LogP contribution is -2.24. The van der Waals surface area contributed by atoms with Crippen LogP contribution in [0.5, 0.6) is 0 Å². The van der Waals surface area contributed by atoms with Gasteiger partial charge in [-0.3, -0.25) is 4.79 Å². The lowest BCUT2D eigenvalue weighted by atomic mass is 10.1. The molecule has 5 heteroatoms. The van der Waals surface area contributed by atoms with Crippen molar-refractivity contribution >= 4 is 27.9 Å². The Labute approximate surface area is 174 Å². The molecule has 0 aliphatic heterocycles. The van der Waals surface area contributed by atoms with E-state index < -0.39 is 0 Å². The number of hydrogen-bond donors (Lipinski definition) is 1. The van der Waals surface area contributed by atoms with Crippen molar-refractivity contribution in [1.29, 1.82) is 0 Å². The van der Waals surface area contributed by atoms with E-state index >= 15 is 0 Å². The number of carbonyl (C=O) groups excluding carboxylic acids is 1. The largest absolute Gasteiger partial charge is 0.348 e. The van der Waals surface area contributed by atoms with Crippen molar-refractivity contribution in [3.05, 3.63) is 87.7 Å². The Hall–Kier alpha value is -2.66. The molecule has 1 heterocycles. The second-order valence-corrected chi connectivity index (χ2v) is 7.43. The van der Waals surface area contributed by atoms with E-state index in [9.17, 15) is 4.79 Å². The molecule has 0 radical (unpaired) electrons. The van der Waals surface area contributed by atoms with Crippen molar-refractivity contribution in [3.63, 3.8) is 0 Å². The number of benzene rings is 2. The van der Waals surface area contributed by atoms with Crippen molar-refractivity contribution in [1.82, 2.24) is 15.1 Å². The van der Waals surface area contributed by atoms with E-state index in [1.807, 2.05) is 78.4 Å². The molecule has 4 nitrogen and oxygen atoms in total. The zero-order valence-corrected chi connectivity index (χ0v) is 17.7. The van der Waals surface area contributed by atoms with Gasteiger partial charge < -0.3 is 5.32 Å². The van der Waals surface area contributed by atoms with Gasteiger partial charge >= 0.3 is 0 Å². The van der Waals surface area contributed by atoms with Crippen molar-refractivity contribution in [2.75, 3.05) is 0 Å². The minimum atomic E-state index is -0.0957. The molecule has 1 amide bonds. The second-order valence-electron chi connectivity index (χ2n) is 6.51. The molecule has 3 rings (SSSR count). The van der Waals surface area contributed by atoms with Crippen LogP contribution >= 0.6 is 15.9 Å². The first-order valence-electron chi connectivity index (χ1n) is 9.46. The summed E-state index contributed by atoms with van der Waals surface area (Å²) in [6.07, 6.45) is 5.52. The fourth-order valence-electron chi connectivity index (χ4n) is 3.12. The molecule has 2 aromatic carbocycles. The van der Waals surface area contributed by atoms with Crippen LogP contribution in [0.4, 0.5) is 0 Å². The van der Waals surface area contributed by atoms with Crippen LogP contribution in [0.15, 0.2) is 65.1 Å². The van der Waals surface area contributed by atoms with E-state index in [1.54, 1.807) is 0 Å². The number of amides is 1. The molecule has 0 saturated carbocycles. The van der Waals surface area contributed by atoms with Crippen LogP contribution in [0.25, 0.3) is 11.8 Å². The van der Waals surface area contributed by atoms with E-state index in [2.05, 4.69) is 28.2 Å². The van der Waals surface area contributed by atoms with Gasteiger partial charge in [-0.15, -0.1) is 0 Å². The van der Waals surface area contributed by atoms with Crippen LogP contribution in [-0.2, 0) is 13.0 Å². The topological polar surface area (TPSA) is 46.9 Å². The van der Waals surface area contributed by atoms with E-state index in [-0.39, 0.29) is 5.91 Å². The Kier molecular flexibility index (Phi) is 6.82. The number of halogens is 1. The summed E-state index contributed by atoms with van der Waals surface area (Å²) in [6.45, 7) is 4.52. The molecular formula is C23H24BrN3O. The van der Waals surface area contributed by atoms with Gasteiger partial charge in [-0.25, -0.2) is 4.68 Å². The van der Waals surface area contributed by atoms with Crippen LogP contribution in [0, 0.1) is 0 Å². The Bertz CT molecular complexity index is 960. The van der Waals surface area contributed by atoms with Gasteiger partial charge in [0.2, 0.25) is 0 Å². The number of allylic oxidation sites excluding steroid dienone is 1. The second kappa shape index (κ2) is 9.51. The predicted octanol–water partition coefficient (Wildman–Crippen LogP) is 5.55. The van der Waals surface area contributed by atoms with Crippen LogP contribution in [0.3, 0.4) is 0 Å². The molecular weight excluding hydrogens is 414 g/mol. The van der Waals surface area contributed by atoms with E-state index in [4.69, 9.17) is 5.10 Å². The Morgan fingerprint density at radius 3 is 2.50 bits per heavy atom. The minimum Gasteiger partial charge on any atom is -0.348 e. The molecule has 1 aromatic heterocycles. The maximum absolute atomic E-state index is 13.1. The van der Waals surface area contributed by atoms with Gasteiger partial charge in [0.05, 0.1) is 22.6 Å². The van der Waals surface area contributed by atoms with Gasteiger partial charge in [0.1, 0.15) is 0 Å². The summed E-state index contributed by atoms with van der Waals surface area (Å²) < 4.78 is 2.92. The zero-order chi connectivity index (χ0) is 19.9. The number of carbonyl (C=O) groups is 1. The van der Waals surface area contributed by atoms with Gasteiger partial charge in [0, 0.05) is 11.0 Å². The molecule has 0 saturated heterocycles. The van der Waals surface area contributed by atoms with Gasteiger partial charge in [0.25, 0.3) is 5.91 Å². The standard InChI is InChI=1S/C23H24BrN3O/c1-3-8-20-22(23(28)25-16-17-12-14-18(24)15-13-17)21(9-4-2)27(26-20)19-10-6-5-7-11-19/h3,5-8,10-15H,4,9,16H2,1-2H3,(H,25,28)/b8-3+. The first-order chi connectivity index (χ1) is 13.6. The van der Waals surface area contributed by atoms with Crippen LogP contribution in [0.2, 0.25) is 0 Å². The monoisotopic (exact) mass is 437 g/mol. The maximum Gasteiger partial charge on any atom is 0.255 e. The quantitative estimate of drug-likeness (QED) is 0.526. The normalized spacial score (nSPS) is 11.1. The molecule has 0 unspecified atom stereocenters. The SMILES string of the molecule is C/C=C/c1nn(-c2ccccc2)c(CCC)c1C(=O)NCc1ccc(Br)cc1. The number of nitrogens with zero attached hydrogens (tertiary/aromatic N) is 2. The van der Waals surface area contributed by atoms with Crippen LogP contribution < -0.4 is 5.32 Å². The highest BCUT2D eigenvalue weighted by atomic mass is 79.9. The molecule has 0 atom stereocenters. The lowest BCUT2D eigenvalue weighted by Gasteiger charge is -2.10. The summed E-state index contributed by atoms with van der Waals surface area (Å²) in [6, 6.07) is 17.9. The predicted molar refractivity (Wildman–Crippen MR) is 118 cm³/mol. The third-order valence-electron chi connectivity index (χ3n) is 4.41. The highest BCUT2D eigenvalue weighted by Crippen LogP contribution is 2.22. The molecule has 0 aliphatic carbocycles.